The number of nitrogens with two attached hydrogens (primary N) is 1. The summed E-state index contributed by atoms with van der Waals surface area (Å²) in [6, 6.07) is 3.23. The number of halogens is 3. The molecule has 0 amide bonds. The summed E-state index contributed by atoms with van der Waals surface area (Å²) in [6.45, 7) is 0.141. The quantitative estimate of drug-likeness (QED) is 0.851. The first kappa shape index (κ1) is 12.5. The molecule has 6 heteroatoms. The highest BCUT2D eigenvalue weighted by atomic mass is 35.5. The van der Waals surface area contributed by atoms with E-state index in [0.29, 0.717) is 5.56 Å². The Kier molecular flexibility index (Phi) is 2.99. The molecule has 0 aliphatic heterocycles. The predicted octanol–water partition coefficient (Wildman–Crippen LogP) is 2.37. The van der Waals surface area contributed by atoms with E-state index in [1.54, 1.807) is 12.1 Å². The summed E-state index contributed by atoms with van der Waals surface area (Å²) in [4.78, 5) is 3.98. The first-order chi connectivity index (χ1) is 7.92. The Hall–Kier alpha value is -0.940. The zero-order valence-electron chi connectivity index (χ0n) is 9.34. The number of methoxy groups -OCH3 is 1. The fraction of sp³-hybridized carbons (Fsp3) is 0.545. The van der Waals surface area contributed by atoms with Crippen LogP contribution in [0.1, 0.15) is 18.4 Å². The van der Waals surface area contributed by atoms with Gasteiger partial charge in [0.25, 0.3) is 0 Å². The van der Waals surface area contributed by atoms with Crippen LogP contribution in [0.15, 0.2) is 12.1 Å². The molecule has 1 aliphatic carbocycles. The van der Waals surface area contributed by atoms with Crippen LogP contribution in [-0.2, 0) is 5.41 Å². The predicted molar refractivity (Wildman–Crippen MR) is 60.7 cm³/mol. The minimum absolute atomic E-state index is 0.141. The molecule has 0 unspecified atom stereocenters. The summed E-state index contributed by atoms with van der Waals surface area (Å²) in [7, 11) is 1.43. The van der Waals surface area contributed by atoms with Crippen LogP contribution < -0.4 is 10.5 Å². The molecule has 1 fully saturated rings. The fourth-order valence-electron chi connectivity index (χ4n) is 2.36. The average Bonchev–Trinajstić information content (AvgIpc) is 2.25. The molecule has 1 saturated carbocycles. The van der Waals surface area contributed by atoms with Crippen molar-refractivity contribution in [2.45, 2.75) is 24.2 Å². The third-order valence-electron chi connectivity index (χ3n) is 3.18. The lowest BCUT2D eigenvalue weighted by molar-refractivity contribution is -0.124. The fourth-order valence-corrected chi connectivity index (χ4v) is 2.50. The molecule has 2 N–H and O–H groups in total. The minimum Gasteiger partial charge on any atom is -0.481 e. The summed E-state index contributed by atoms with van der Waals surface area (Å²) in [5.74, 6) is -2.37. The molecule has 0 radical (unpaired) electrons. The summed E-state index contributed by atoms with van der Waals surface area (Å²) in [5, 5.41) is 0.267. The summed E-state index contributed by atoms with van der Waals surface area (Å²) in [6.07, 6.45) is -0.535. The van der Waals surface area contributed by atoms with Gasteiger partial charge < -0.3 is 10.5 Å². The Balaban J connectivity index is 2.39. The van der Waals surface area contributed by atoms with Gasteiger partial charge in [-0.15, -0.1) is 0 Å². The van der Waals surface area contributed by atoms with Crippen LogP contribution >= 0.6 is 11.6 Å². The Bertz CT molecular complexity index is 431. The smallest absolute Gasteiger partial charge is 0.250 e. The van der Waals surface area contributed by atoms with Gasteiger partial charge in [0.2, 0.25) is 11.8 Å². The van der Waals surface area contributed by atoms with E-state index in [1.807, 2.05) is 0 Å². The molecule has 0 atom stereocenters. The summed E-state index contributed by atoms with van der Waals surface area (Å²) in [5.41, 5.74) is 5.50. The maximum absolute atomic E-state index is 13.1. The zero-order valence-corrected chi connectivity index (χ0v) is 10.1. The highest BCUT2D eigenvalue weighted by Crippen LogP contribution is 2.54. The summed E-state index contributed by atoms with van der Waals surface area (Å²) >= 11 is 5.74. The molecular formula is C11H13ClF2N2O. The van der Waals surface area contributed by atoms with Crippen LogP contribution in [0.2, 0.25) is 5.15 Å². The van der Waals surface area contributed by atoms with E-state index in [-0.39, 0.29) is 30.4 Å². The second-order valence-corrected chi connectivity index (χ2v) is 4.77. The van der Waals surface area contributed by atoms with Crippen molar-refractivity contribution in [2.75, 3.05) is 13.7 Å². The van der Waals surface area contributed by atoms with Crippen molar-refractivity contribution in [1.82, 2.24) is 4.98 Å². The molecule has 1 heterocycles. The van der Waals surface area contributed by atoms with Crippen molar-refractivity contribution >= 4 is 11.6 Å². The van der Waals surface area contributed by atoms with Crippen molar-refractivity contribution in [1.29, 1.82) is 0 Å². The molecule has 1 aromatic heterocycles. The third kappa shape index (κ3) is 2.09. The molecule has 17 heavy (non-hydrogen) atoms. The molecule has 1 aromatic rings. The first-order valence-electron chi connectivity index (χ1n) is 5.21. The van der Waals surface area contributed by atoms with Crippen molar-refractivity contribution in [3.8, 4) is 5.88 Å². The highest BCUT2D eigenvalue weighted by molar-refractivity contribution is 6.29. The second-order valence-electron chi connectivity index (χ2n) is 4.38. The van der Waals surface area contributed by atoms with Gasteiger partial charge in [0.15, 0.2) is 0 Å². The topological polar surface area (TPSA) is 48.1 Å². The molecule has 0 spiro atoms. The minimum atomic E-state index is -2.65. The number of ether oxygens (including phenoxy) is 1. The lowest BCUT2D eigenvalue weighted by Crippen LogP contribution is -2.53. The van der Waals surface area contributed by atoms with E-state index < -0.39 is 11.3 Å². The molecule has 2 rings (SSSR count). The van der Waals surface area contributed by atoms with Crippen LogP contribution in [0, 0.1) is 0 Å². The van der Waals surface area contributed by atoms with E-state index in [9.17, 15) is 8.78 Å². The number of pyridine rings is 1. The van der Waals surface area contributed by atoms with E-state index in [2.05, 4.69) is 4.98 Å². The van der Waals surface area contributed by atoms with E-state index in [0.717, 1.165) is 0 Å². The number of aromatic nitrogens is 1. The molecule has 0 aromatic carbocycles. The number of nitrogens with zero attached hydrogens (tertiary/aromatic N) is 1. The van der Waals surface area contributed by atoms with E-state index in [1.165, 1.54) is 7.11 Å². The van der Waals surface area contributed by atoms with Crippen LogP contribution in [0.4, 0.5) is 8.78 Å². The van der Waals surface area contributed by atoms with Gasteiger partial charge in [-0.2, -0.15) is 0 Å². The average molecular weight is 263 g/mol. The van der Waals surface area contributed by atoms with Crippen LogP contribution in [0.3, 0.4) is 0 Å². The van der Waals surface area contributed by atoms with E-state index >= 15 is 0 Å². The lowest BCUT2D eigenvalue weighted by Gasteiger charge is -2.47. The second kappa shape index (κ2) is 4.07. The van der Waals surface area contributed by atoms with E-state index in [4.69, 9.17) is 22.1 Å². The van der Waals surface area contributed by atoms with Crippen molar-refractivity contribution in [3.63, 3.8) is 0 Å². The highest BCUT2D eigenvalue weighted by Gasteiger charge is 2.57. The largest absolute Gasteiger partial charge is 0.481 e. The van der Waals surface area contributed by atoms with Gasteiger partial charge in [0.05, 0.1) is 7.11 Å². The Morgan fingerprint density at radius 2 is 2.12 bits per heavy atom. The molecular weight excluding hydrogens is 250 g/mol. The van der Waals surface area contributed by atoms with Crippen LogP contribution in [0.25, 0.3) is 0 Å². The zero-order chi connectivity index (χ0) is 12.7. The maximum atomic E-state index is 13.1. The van der Waals surface area contributed by atoms with Gasteiger partial charge in [0.1, 0.15) is 5.15 Å². The van der Waals surface area contributed by atoms with Crippen LogP contribution in [-0.4, -0.2) is 24.6 Å². The Morgan fingerprint density at radius 1 is 1.47 bits per heavy atom. The third-order valence-corrected chi connectivity index (χ3v) is 3.39. The molecule has 3 nitrogen and oxygen atoms in total. The lowest BCUT2D eigenvalue weighted by atomic mass is 9.62. The van der Waals surface area contributed by atoms with Crippen LogP contribution in [0.5, 0.6) is 5.88 Å². The number of alkyl halides is 2. The maximum Gasteiger partial charge on any atom is 0.250 e. The van der Waals surface area contributed by atoms with Gasteiger partial charge in [0, 0.05) is 30.4 Å². The van der Waals surface area contributed by atoms with Gasteiger partial charge in [-0.25, -0.2) is 13.8 Å². The van der Waals surface area contributed by atoms with Crippen molar-refractivity contribution in [2.24, 2.45) is 5.73 Å². The first-order valence-corrected chi connectivity index (χ1v) is 5.59. The van der Waals surface area contributed by atoms with Crippen molar-refractivity contribution in [3.05, 3.63) is 22.8 Å². The van der Waals surface area contributed by atoms with Gasteiger partial charge in [-0.1, -0.05) is 11.6 Å². The SMILES string of the molecule is COc1nc(Cl)ccc1C1(CN)CC(F)(F)C1. The number of rotatable bonds is 3. The van der Waals surface area contributed by atoms with Gasteiger partial charge in [-0.3, -0.25) is 0 Å². The summed E-state index contributed by atoms with van der Waals surface area (Å²) < 4.78 is 31.2. The molecule has 0 saturated heterocycles. The van der Waals surface area contributed by atoms with Gasteiger partial charge in [-0.05, 0) is 12.1 Å². The molecule has 94 valence electrons. The number of hydrogen-bond donors (Lipinski definition) is 1. The normalized spacial score (nSPS) is 20.8. The monoisotopic (exact) mass is 262 g/mol. The number of hydrogen-bond acceptors (Lipinski definition) is 3. The molecule has 1 aliphatic rings. The Labute approximate surface area is 103 Å². The van der Waals surface area contributed by atoms with Crippen molar-refractivity contribution < 1.29 is 13.5 Å². The van der Waals surface area contributed by atoms with Gasteiger partial charge >= 0.3 is 0 Å². The molecule has 0 bridgehead atoms. The Morgan fingerprint density at radius 3 is 2.59 bits per heavy atom. The standard InChI is InChI=1S/C11H13ClF2N2O/c1-17-9-7(2-3-8(12)16-9)10(6-15)4-11(13,14)5-10/h2-3H,4-6,15H2,1H3.